The number of halogens is 4. The van der Waals surface area contributed by atoms with Crippen molar-refractivity contribution in [2.75, 3.05) is 13.1 Å². The third-order valence-electron chi connectivity index (χ3n) is 4.12. The minimum Gasteiger partial charge on any atom is -0.328 e. The fraction of sp³-hybridized carbons (Fsp3) is 0.571. The zero-order valence-electron chi connectivity index (χ0n) is 12.5. The molecule has 1 atom stereocenters. The standard InChI is InChI=1S/C14H18ClF3N2O2S/c1-9(19)10-4-6-20(7-5-10)23(21,22)11-2-3-13(15)12(8-11)14(16,17)18/h2-3,8-10H,4-7,19H2,1H3. The Labute approximate surface area is 138 Å². The quantitative estimate of drug-likeness (QED) is 0.889. The summed E-state index contributed by atoms with van der Waals surface area (Å²) in [5.74, 6) is 0.220. The lowest BCUT2D eigenvalue weighted by Crippen LogP contribution is -2.42. The number of alkyl halides is 3. The summed E-state index contributed by atoms with van der Waals surface area (Å²) in [7, 11) is -3.98. The highest BCUT2D eigenvalue weighted by Gasteiger charge is 2.36. The van der Waals surface area contributed by atoms with Gasteiger partial charge in [-0.15, -0.1) is 0 Å². The van der Waals surface area contributed by atoms with Crippen molar-refractivity contribution in [1.82, 2.24) is 4.31 Å². The third-order valence-corrected chi connectivity index (χ3v) is 6.35. The lowest BCUT2D eigenvalue weighted by atomic mass is 9.92. The van der Waals surface area contributed by atoms with E-state index in [1.807, 2.05) is 6.92 Å². The van der Waals surface area contributed by atoms with Gasteiger partial charge in [-0.25, -0.2) is 8.42 Å². The van der Waals surface area contributed by atoms with Gasteiger partial charge in [0.25, 0.3) is 0 Å². The Morgan fingerprint density at radius 3 is 2.35 bits per heavy atom. The number of piperidine rings is 1. The molecule has 0 spiro atoms. The number of rotatable bonds is 3. The molecule has 9 heteroatoms. The lowest BCUT2D eigenvalue weighted by Gasteiger charge is -2.33. The summed E-state index contributed by atoms with van der Waals surface area (Å²) in [5.41, 5.74) is 4.66. The summed E-state index contributed by atoms with van der Waals surface area (Å²) in [6.07, 6.45) is -3.52. The van der Waals surface area contributed by atoms with Crippen LogP contribution in [0.3, 0.4) is 0 Å². The average molecular weight is 371 g/mol. The first-order chi connectivity index (χ1) is 10.5. The van der Waals surface area contributed by atoms with Crippen LogP contribution in [0.2, 0.25) is 5.02 Å². The normalized spacial score (nSPS) is 19.7. The van der Waals surface area contributed by atoms with Crippen LogP contribution in [0.1, 0.15) is 25.3 Å². The average Bonchev–Trinajstić information content (AvgIpc) is 2.46. The van der Waals surface area contributed by atoms with Crippen LogP contribution in [0.4, 0.5) is 13.2 Å². The van der Waals surface area contributed by atoms with Gasteiger partial charge in [0.15, 0.2) is 0 Å². The minimum absolute atomic E-state index is 0.0350. The Morgan fingerprint density at radius 2 is 1.87 bits per heavy atom. The molecular weight excluding hydrogens is 353 g/mol. The predicted octanol–water partition coefficient (Wildman–Crippen LogP) is 3.11. The molecule has 1 fully saturated rings. The van der Waals surface area contributed by atoms with Crippen LogP contribution in [0.15, 0.2) is 23.1 Å². The van der Waals surface area contributed by atoms with Gasteiger partial charge in [0.05, 0.1) is 15.5 Å². The van der Waals surface area contributed by atoms with Gasteiger partial charge >= 0.3 is 6.18 Å². The second kappa shape index (κ2) is 6.58. The van der Waals surface area contributed by atoms with Gasteiger partial charge in [-0.1, -0.05) is 11.6 Å². The second-order valence-electron chi connectivity index (χ2n) is 5.74. The van der Waals surface area contributed by atoms with E-state index in [2.05, 4.69) is 0 Å². The summed E-state index contributed by atoms with van der Waals surface area (Å²) < 4.78 is 65.0. The number of sulfonamides is 1. The van der Waals surface area contributed by atoms with Gasteiger partial charge in [0.1, 0.15) is 0 Å². The fourth-order valence-corrected chi connectivity index (χ4v) is 4.39. The van der Waals surface area contributed by atoms with Gasteiger partial charge < -0.3 is 5.73 Å². The maximum absolute atomic E-state index is 12.9. The Kier molecular flexibility index (Phi) is 5.30. The molecule has 130 valence electrons. The Bertz CT molecular complexity index is 669. The molecule has 4 nitrogen and oxygen atoms in total. The fourth-order valence-electron chi connectivity index (χ4n) is 2.67. The van der Waals surface area contributed by atoms with E-state index in [9.17, 15) is 21.6 Å². The molecule has 1 aromatic carbocycles. The molecule has 0 radical (unpaired) electrons. The van der Waals surface area contributed by atoms with Crippen molar-refractivity contribution in [3.8, 4) is 0 Å². The van der Waals surface area contributed by atoms with Crippen molar-refractivity contribution in [2.24, 2.45) is 11.7 Å². The van der Waals surface area contributed by atoms with Crippen LogP contribution in [0.25, 0.3) is 0 Å². The first kappa shape index (κ1) is 18.5. The van der Waals surface area contributed by atoms with Crippen molar-refractivity contribution in [1.29, 1.82) is 0 Å². The molecular formula is C14H18ClF3N2O2S. The van der Waals surface area contributed by atoms with Crippen molar-refractivity contribution < 1.29 is 21.6 Å². The molecule has 0 aliphatic carbocycles. The van der Waals surface area contributed by atoms with Crippen LogP contribution < -0.4 is 5.73 Å². The topological polar surface area (TPSA) is 63.4 Å². The zero-order valence-corrected chi connectivity index (χ0v) is 14.0. The Morgan fingerprint density at radius 1 is 1.30 bits per heavy atom. The van der Waals surface area contributed by atoms with Crippen LogP contribution in [-0.2, 0) is 16.2 Å². The highest BCUT2D eigenvalue weighted by molar-refractivity contribution is 7.89. The largest absolute Gasteiger partial charge is 0.417 e. The molecule has 0 bridgehead atoms. The third kappa shape index (κ3) is 3.99. The SMILES string of the molecule is CC(N)C1CCN(S(=O)(=O)c2ccc(Cl)c(C(F)(F)F)c2)CC1. The van der Waals surface area contributed by atoms with E-state index in [1.165, 1.54) is 4.31 Å². The highest BCUT2D eigenvalue weighted by atomic mass is 35.5. The smallest absolute Gasteiger partial charge is 0.328 e. The molecule has 2 rings (SSSR count). The van der Waals surface area contributed by atoms with E-state index in [1.54, 1.807) is 0 Å². The molecule has 1 heterocycles. The molecule has 0 saturated carbocycles. The van der Waals surface area contributed by atoms with Gasteiger partial charge in [0, 0.05) is 19.1 Å². The Balaban J connectivity index is 2.28. The number of hydrogen-bond acceptors (Lipinski definition) is 3. The van der Waals surface area contributed by atoms with Crippen LogP contribution in [0, 0.1) is 5.92 Å². The monoisotopic (exact) mass is 370 g/mol. The first-order valence-corrected chi connectivity index (χ1v) is 8.97. The summed E-state index contributed by atoms with van der Waals surface area (Å²) >= 11 is 5.53. The number of hydrogen-bond donors (Lipinski definition) is 1. The summed E-state index contributed by atoms with van der Waals surface area (Å²) in [6.45, 7) is 2.36. The molecule has 1 saturated heterocycles. The van der Waals surface area contributed by atoms with Gasteiger partial charge in [0.2, 0.25) is 10.0 Å². The van der Waals surface area contributed by atoms with E-state index < -0.39 is 31.7 Å². The minimum atomic E-state index is -4.70. The molecule has 0 amide bonds. The van der Waals surface area contributed by atoms with Crippen molar-refractivity contribution >= 4 is 21.6 Å². The number of benzene rings is 1. The van der Waals surface area contributed by atoms with E-state index in [4.69, 9.17) is 17.3 Å². The van der Waals surface area contributed by atoms with Gasteiger partial charge in [-0.3, -0.25) is 0 Å². The zero-order chi connectivity index (χ0) is 17.4. The van der Waals surface area contributed by atoms with Crippen molar-refractivity contribution in [3.63, 3.8) is 0 Å². The molecule has 23 heavy (non-hydrogen) atoms. The van der Waals surface area contributed by atoms with Crippen LogP contribution >= 0.6 is 11.6 Å². The van der Waals surface area contributed by atoms with E-state index in [0.29, 0.717) is 18.9 Å². The molecule has 0 aromatic heterocycles. The van der Waals surface area contributed by atoms with Gasteiger partial charge in [-0.05, 0) is 43.9 Å². The molecule has 1 unspecified atom stereocenters. The van der Waals surface area contributed by atoms with Crippen LogP contribution in [0.5, 0.6) is 0 Å². The first-order valence-electron chi connectivity index (χ1n) is 7.16. The van der Waals surface area contributed by atoms with Crippen molar-refractivity contribution in [2.45, 2.75) is 36.9 Å². The van der Waals surface area contributed by atoms with E-state index in [0.717, 1.165) is 12.1 Å². The van der Waals surface area contributed by atoms with Crippen molar-refractivity contribution in [3.05, 3.63) is 28.8 Å². The van der Waals surface area contributed by atoms with E-state index in [-0.39, 0.29) is 25.0 Å². The van der Waals surface area contributed by atoms with Gasteiger partial charge in [-0.2, -0.15) is 17.5 Å². The maximum Gasteiger partial charge on any atom is 0.417 e. The molecule has 1 aliphatic rings. The summed E-state index contributed by atoms with van der Waals surface area (Å²) in [4.78, 5) is -0.395. The number of nitrogens with zero attached hydrogens (tertiary/aromatic N) is 1. The lowest BCUT2D eigenvalue weighted by molar-refractivity contribution is -0.137. The molecule has 2 N–H and O–H groups in total. The summed E-state index contributed by atoms with van der Waals surface area (Å²) in [6, 6.07) is 2.62. The Hall–Kier alpha value is -0.830. The summed E-state index contributed by atoms with van der Waals surface area (Å²) in [5, 5.41) is -0.521. The maximum atomic E-state index is 12.9. The molecule has 1 aromatic rings. The predicted molar refractivity (Wildman–Crippen MR) is 81.6 cm³/mol. The highest BCUT2D eigenvalue weighted by Crippen LogP contribution is 2.36. The number of nitrogens with two attached hydrogens (primary N) is 1. The second-order valence-corrected chi connectivity index (χ2v) is 8.09. The van der Waals surface area contributed by atoms with E-state index >= 15 is 0 Å². The molecule has 1 aliphatic heterocycles. The van der Waals surface area contributed by atoms with Crippen LogP contribution in [-0.4, -0.2) is 31.9 Å².